The molecule has 0 atom stereocenters. The topological polar surface area (TPSA) is 0 Å². The molecule has 2 heteroatoms. The molecule has 2 aliphatic rings. The Hall–Kier alpha value is 0.940. The first-order valence-electron chi connectivity index (χ1n) is 9.52. The molecule has 0 amide bonds. The summed E-state index contributed by atoms with van der Waals surface area (Å²) in [4.78, 5) is 0. The van der Waals surface area contributed by atoms with Crippen LogP contribution in [0.25, 0.3) is 0 Å². The zero-order chi connectivity index (χ0) is 15.6. The van der Waals surface area contributed by atoms with E-state index in [0.717, 1.165) is 5.92 Å². The lowest BCUT2D eigenvalue weighted by atomic mass is 9.88. The summed E-state index contributed by atoms with van der Waals surface area (Å²) in [6.45, 7) is 0. The second kappa shape index (κ2) is 11.5. The highest BCUT2D eigenvalue weighted by molar-refractivity contribution is 14.1. The number of rotatable bonds is 2. The van der Waals surface area contributed by atoms with Crippen LogP contribution in [-0.2, 0) is 0 Å². The van der Waals surface area contributed by atoms with E-state index in [1.807, 2.05) is 0 Å². The molecule has 0 spiro atoms. The summed E-state index contributed by atoms with van der Waals surface area (Å²) in [6, 6.07) is 0. The Balaban J connectivity index is 2.02. The molecule has 126 valence electrons. The van der Waals surface area contributed by atoms with Crippen molar-refractivity contribution in [2.45, 2.75) is 96.3 Å². The molecule has 0 aromatic heterocycles. The number of hydrogen-bond donors (Lipinski definition) is 0. The van der Waals surface area contributed by atoms with Crippen LogP contribution in [0.4, 0.5) is 0 Å². The lowest BCUT2D eigenvalue weighted by molar-refractivity contribution is 0.417. The van der Waals surface area contributed by atoms with E-state index in [9.17, 15) is 0 Å². The van der Waals surface area contributed by atoms with Crippen molar-refractivity contribution in [3.05, 3.63) is 18.8 Å². The summed E-state index contributed by atoms with van der Waals surface area (Å²) >= 11 is 5.30. The van der Waals surface area contributed by atoms with E-state index in [4.69, 9.17) is 0 Å². The molecule has 2 aliphatic carbocycles. The Bertz CT molecular complexity index is 375. The third-order valence-electron chi connectivity index (χ3n) is 5.25. The van der Waals surface area contributed by atoms with Crippen LogP contribution in [0.5, 0.6) is 0 Å². The van der Waals surface area contributed by atoms with E-state index >= 15 is 0 Å². The Morgan fingerprint density at radius 2 is 1.23 bits per heavy atom. The van der Waals surface area contributed by atoms with Crippen molar-refractivity contribution in [1.29, 1.82) is 0 Å². The van der Waals surface area contributed by atoms with Gasteiger partial charge in [0.2, 0.25) is 0 Å². The normalized spacial score (nSPS) is 28.0. The van der Waals surface area contributed by atoms with E-state index in [-0.39, 0.29) is 0 Å². The summed E-state index contributed by atoms with van der Waals surface area (Å²) in [5.74, 6) is 0.868. The second-order valence-corrected chi connectivity index (χ2v) is 9.67. The van der Waals surface area contributed by atoms with Gasteiger partial charge in [0, 0.05) is 0 Å². The molecule has 0 aromatic carbocycles. The van der Waals surface area contributed by atoms with Gasteiger partial charge in [-0.05, 0) is 108 Å². The molecular weight excluding hydrogens is 494 g/mol. The highest BCUT2D eigenvalue weighted by Crippen LogP contribution is 2.36. The third-order valence-corrected chi connectivity index (χ3v) is 7.67. The van der Waals surface area contributed by atoms with Crippen LogP contribution in [0, 0.1) is 5.92 Å². The van der Waals surface area contributed by atoms with Gasteiger partial charge in [0.05, 0.1) is 0 Å². The summed E-state index contributed by atoms with van der Waals surface area (Å²) in [5, 5.41) is 0. The standard InChI is InChI=1S/C20H32I2/c21-19-15-11-6-4-2-1-3-5-8-14-18(19)16-20(22)17-12-9-7-10-13-17/h16-17H,1-15H2/b19-18-,20-16-. The van der Waals surface area contributed by atoms with Crippen LogP contribution in [0.3, 0.4) is 0 Å². The maximum Gasteiger partial charge on any atom is -0.00601 e. The molecule has 0 saturated heterocycles. The lowest BCUT2D eigenvalue weighted by Gasteiger charge is -2.22. The SMILES string of the molecule is I/C(=C\C1=C(/I)CCCCCCCCCC1)C1CCCCC1. The fourth-order valence-corrected chi connectivity index (χ4v) is 5.57. The fourth-order valence-electron chi connectivity index (χ4n) is 3.77. The molecule has 0 aliphatic heterocycles. The molecule has 22 heavy (non-hydrogen) atoms. The Morgan fingerprint density at radius 3 is 1.86 bits per heavy atom. The third kappa shape index (κ3) is 7.23. The maximum absolute atomic E-state index is 2.65. The van der Waals surface area contributed by atoms with Crippen LogP contribution in [0.1, 0.15) is 96.3 Å². The summed E-state index contributed by atoms with van der Waals surface area (Å²) in [5.41, 5.74) is 1.68. The maximum atomic E-state index is 2.65. The largest absolute Gasteiger partial charge is 0.0533 e. The van der Waals surface area contributed by atoms with Crippen molar-refractivity contribution >= 4 is 45.2 Å². The molecule has 0 N–H and O–H groups in total. The summed E-state index contributed by atoms with van der Waals surface area (Å²) < 4.78 is 3.30. The van der Waals surface area contributed by atoms with E-state index in [0.29, 0.717) is 0 Å². The summed E-state index contributed by atoms with van der Waals surface area (Å²) in [7, 11) is 0. The molecule has 0 nitrogen and oxygen atoms in total. The molecule has 0 aromatic rings. The van der Waals surface area contributed by atoms with E-state index in [1.165, 1.54) is 96.3 Å². The minimum Gasteiger partial charge on any atom is -0.0533 e. The fraction of sp³-hybridized carbons (Fsp3) is 0.800. The molecule has 1 saturated carbocycles. The number of allylic oxidation sites excluding steroid dienone is 4. The first-order chi connectivity index (χ1) is 10.8. The monoisotopic (exact) mass is 526 g/mol. The van der Waals surface area contributed by atoms with Gasteiger partial charge in [-0.15, -0.1) is 0 Å². The predicted octanol–water partition coefficient (Wildman–Crippen LogP) is 8.49. The van der Waals surface area contributed by atoms with Gasteiger partial charge < -0.3 is 0 Å². The van der Waals surface area contributed by atoms with Crippen LogP contribution in [-0.4, -0.2) is 0 Å². The number of hydrogen-bond acceptors (Lipinski definition) is 0. The van der Waals surface area contributed by atoms with Crippen molar-refractivity contribution in [2.24, 2.45) is 5.92 Å². The first-order valence-corrected chi connectivity index (χ1v) is 11.7. The van der Waals surface area contributed by atoms with Crippen LogP contribution >= 0.6 is 45.2 Å². The van der Waals surface area contributed by atoms with Gasteiger partial charge in [0.25, 0.3) is 0 Å². The Morgan fingerprint density at radius 1 is 0.727 bits per heavy atom. The zero-order valence-corrected chi connectivity index (χ0v) is 18.3. The first kappa shape index (κ1) is 19.3. The van der Waals surface area contributed by atoms with Crippen LogP contribution in [0.15, 0.2) is 18.8 Å². The minimum atomic E-state index is 0.868. The molecule has 0 bridgehead atoms. The average molecular weight is 526 g/mol. The zero-order valence-electron chi connectivity index (χ0n) is 14.0. The number of halogens is 2. The van der Waals surface area contributed by atoms with Gasteiger partial charge in [0.1, 0.15) is 0 Å². The van der Waals surface area contributed by atoms with Crippen molar-refractivity contribution < 1.29 is 0 Å². The highest BCUT2D eigenvalue weighted by Gasteiger charge is 2.16. The Labute approximate surface area is 165 Å². The highest BCUT2D eigenvalue weighted by atomic mass is 127. The van der Waals surface area contributed by atoms with Crippen LogP contribution < -0.4 is 0 Å². The van der Waals surface area contributed by atoms with Gasteiger partial charge in [-0.1, -0.05) is 57.8 Å². The van der Waals surface area contributed by atoms with Gasteiger partial charge in [-0.25, -0.2) is 0 Å². The lowest BCUT2D eigenvalue weighted by Crippen LogP contribution is -2.06. The molecule has 0 radical (unpaired) electrons. The molecule has 0 unspecified atom stereocenters. The molecular formula is C20H32I2. The van der Waals surface area contributed by atoms with Crippen LogP contribution in [0.2, 0.25) is 0 Å². The molecule has 2 rings (SSSR count). The van der Waals surface area contributed by atoms with Gasteiger partial charge in [0.15, 0.2) is 0 Å². The van der Waals surface area contributed by atoms with Crippen molar-refractivity contribution in [3.63, 3.8) is 0 Å². The predicted molar refractivity (Wildman–Crippen MR) is 116 cm³/mol. The van der Waals surface area contributed by atoms with Gasteiger partial charge >= 0.3 is 0 Å². The van der Waals surface area contributed by atoms with E-state index in [2.05, 4.69) is 51.3 Å². The summed E-state index contributed by atoms with van der Waals surface area (Å²) in [6.07, 6.45) is 23.9. The smallest absolute Gasteiger partial charge is 0.00601 e. The van der Waals surface area contributed by atoms with Gasteiger partial charge in [-0.2, -0.15) is 0 Å². The average Bonchev–Trinajstić information content (AvgIpc) is 2.54. The van der Waals surface area contributed by atoms with Gasteiger partial charge in [-0.3, -0.25) is 0 Å². The second-order valence-electron chi connectivity index (χ2n) is 7.12. The minimum absolute atomic E-state index is 0.868. The van der Waals surface area contributed by atoms with Crippen molar-refractivity contribution in [2.75, 3.05) is 0 Å². The van der Waals surface area contributed by atoms with Crippen molar-refractivity contribution in [1.82, 2.24) is 0 Å². The Kier molecular flexibility index (Phi) is 10.1. The van der Waals surface area contributed by atoms with E-state index in [1.54, 1.807) is 12.7 Å². The molecule has 1 fully saturated rings. The van der Waals surface area contributed by atoms with Crippen molar-refractivity contribution in [3.8, 4) is 0 Å². The van der Waals surface area contributed by atoms with E-state index < -0.39 is 0 Å². The quantitative estimate of drug-likeness (QED) is 0.317. The molecule has 0 heterocycles.